The first kappa shape index (κ1) is 34.6. The molecular formula is C45H46BrP. The van der Waals surface area contributed by atoms with Crippen LogP contribution in [0, 0.1) is 0 Å². The topological polar surface area (TPSA) is 0 Å². The summed E-state index contributed by atoms with van der Waals surface area (Å²) < 4.78 is 0. The molecule has 0 saturated carbocycles. The molecule has 0 radical (unpaired) electrons. The third kappa shape index (κ3) is 7.38. The van der Waals surface area contributed by atoms with Gasteiger partial charge in [0, 0.05) is 0 Å². The molecule has 6 aromatic rings. The zero-order valence-electron chi connectivity index (χ0n) is 28.5. The van der Waals surface area contributed by atoms with E-state index in [2.05, 4.69) is 199 Å². The highest BCUT2D eigenvalue weighted by Crippen LogP contribution is 2.59. The zero-order chi connectivity index (χ0) is 32.4. The van der Waals surface area contributed by atoms with E-state index in [1.807, 2.05) is 0 Å². The number of rotatable bonds is 7. The van der Waals surface area contributed by atoms with E-state index in [0.717, 1.165) is 6.16 Å². The lowest BCUT2D eigenvalue weighted by atomic mass is 9.85. The van der Waals surface area contributed by atoms with Crippen molar-refractivity contribution in [2.24, 2.45) is 0 Å². The van der Waals surface area contributed by atoms with E-state index in [0.29, 0.717) is 0 Å². The molecular weight excluding hydrogens is 651 g/mol. The summed E-state index contributed by atoms with van der Waals surface area (Å²) in [6.45, 7) is 13.7. The molecule has 0 aromatic heterocycles. The number of halogens is 1. The average molecular weight is 698 g/mol. The van der Waals surface area contributed by atoms with E-state index >= 15 is 0 Å². The summed E-state index contributed by atoms with van der Waals surface area (Å²) in [4.78, 5) is 0. The standard InChI is InChI=1S/C45H46P.BrH/c1-44(2,3)38-27-22-34(23-28-38)36-26-31-43(35-24-29-39(30-25-35)45(4,5)6)37(32-36)33-46(40-16-10-7-11-17-40,41-18-12-8-13-19-41)42-20-14-9-15-21-42;/h7-32H,33H2,1-6H3;1H/q+1;/p-1. The van der Waals surface area contributed by atoms with E-state index in [4.69, 9.17) is 0 Å². The van der Waals surface area contributed by atoms with Crippen LogP contribution in [0.1, 0.15) is 58.2 Å². The van der Waals surface area contributed by atoms with Crippen molar-refractivity contribution in [3.63, 3.8) is 0 Å². The van der Waals surface area contributed by atoms with Crippen molar-refractivity contribution >= 4 is 23.2 Å². The van der Waals surface area contributed by atoms with Crippen LogP contribution < -0.4 is 32.9 Å². The quantitative estimate of drug-likeness (QED) is 0.148. The first-order chi connectivity index (χ1) is 22.1. The minimum atomic E-state index is -2.10. The maximum Gasteiger partial charge on any atom is 0.116 e. The number of hydrogen-bond acceptors (Lipinski definition) is 0. The number of hydrogen-bond donors (Lipinski definition) is 0. The zero-order valence-corrected chi connectivity index (χ0v) is 31.0. The fourth-order valence-corrected chi connectivity index (χ4v) is 10.8. The molecule has 0 amide bonds. The van der Waals surface area contributed by atoms with Gasteiger partial charge in [0.2, 0.25) is 0 Å². The molecule has 0 nitrogen and oxygen atoms in total. The van der Waals surface area contributed by atoms with Crippen molar-refractivity contribution in [1.29, 1.82) is 0 Å². The highest BCUT2D eigenvalue weighted by atomic mass is 79.9. The molecule has 0 bridgehead atoms. The Balaban J connectivity index is 0.00000433. The van der Waals surface area contributed by atoms with Gasteiger partial charge in [-0.2, -0.15) is 0 Å². The van der Waals surface area contributed by atoms with Crippen LogP contribution in [0.3, 0.4) is 0 Å². The van der Waals surface area contributed by atoms with E-state index in [1.165, 1.54) is 54.9 Å². The Morgan fingerprint density at radius 1 is 0.404 bits per heavy atom. The van der Waals surface area contributed by atoms with Crippen LogP contribution in [0.5, 0.6) is 0 Å². The Morgan fingerprint density at radius 3 is 1.15 bits per heavy atom. The molecule has 0 spiro atoms. The minimum Gasteiger partial charge on any atom is -1.00 e. The van der Waals surface area contributed by atoms with Crippen LogP contribution >= 0.6 is 7.26 Å². The Bertz CT molecular complexity index is 1780. The van der Waals surface area contributed by atoms with Gasteiger partial charge in [0.05, 0.1) is 6.16 Å². The van der Waals surface area contributed by atoms with Gasteiger partial charge in [0.15, 0.2) is 0 Å². The van der Waals surface area contributed by atoms with Crippen LogP contribution in [-0.2, 0) is 17.0 Å². The summed E-state index contributed by atoms with van der Waals surface area (Å²) in [5.41, 5.74) is 9.42. The Hall–Kier alpha value is -3.77. The van der Waals surface area contributed by atoms with E-state index in [1.54, 1.807) is 0 Å². The first-order valence-electron chi connectivity index (χ1n) is 16.5. The van der Waals surface area contributed by atoms with Gasteiger partial charge in [-0.1, -0.05) is 157 Å². The van der Waals surface area contributed by atoms with Gasteiger partial charge in [0.25, 0.3) is 0 Å². The number of benzene rings is 6. The fourth-order valence-electron chi connectivity index (χ4n) is 6.52. The summed E-state index contributed by atoms with van der Waals surface area (Å²) in [7, 11) is -2.10. The monoisotopic (exact) mass is 696 g/mol. The van der Waals surface area contributed by atoms with Crippen molar-refractivity contribution < 1.29 is 17.0 Å². The van der Waals surface area contributed by atoms with Crippen molar-refractivity contribution in [3.05, 3.63) is 174 Å². The molecule has 0 aliphatic rings. The Morgan fingerprint density at radius 2 is 0.766 bits per heavy atom. The third-order valence-corrected chi connectivity index (χ3v) is 13.6. The summed E-state index contributed by atoms with van der Waals surface area (Å²) in [6, 6.07) is 59.3. The van der Waals surface area contributed by atoms with Crippen LogP contribution in [0.4, 0.5) is 0 Å². The molecule has 0 fully saturated rings. The van der Waals surface area contributed by atoms with Gasteiger partial charge in [0.1, 0.15) is 23.2 Å². The summed E-state index contributed by atoms with van der Waals surface area (Å²) in [5.74, 6) is 0. The lowest BCUT2D eigenvalue weighted by Crippen LogP contribution is -3.00. The maximum absolute atomic E-state index is 2.47. The lowest BCUT2D eigenvalue weighted by Gasteiger charge is -2.29. The van der Waals surface area contributed by atoms with Gasteiger partial charge in [-0.25, -0.2) is 0 Å². The van der Waals surface area contributed by atoms with E-state index < -0.39 is 7.26 Å². The summed E-state index contributed by atoms with van der Waals surface area (Å²) in [6.07, 6.45) is 0.926. The van der Waals surface area contributed by atoms with Gasteiger partial charge >= 0.3 is 0 Å². The van der Waals surface area contributed by atoms with E-state index in [9.17, 15) is 0 Å². The Kier molecular flexibility index (Phi) is 10.4. The van der Waals surface area contributed by atoms with Gasteiger partial charge in [-0.3, -0.25) is 0 Å². The van der Waals surface area contributed by atoms with Crippen LogP contribution in [0.15, 0.2) is 158 Å². The molecule has 2 heteroatoms. The smallest absolute Gasteiger partial charge is 0.116 e. The first-order valence-corrected chi connectivity index (χ1v) is 18.4. The molecule has 0 heterocycles. The summed E-state index contributed by atoms with van der Waals surface area (Å²) >= 11 is 0. The van der Waals surface area contributed by atoms with Crippen molar-refractivity contribution in [2.45, 2.75) is 58.5 Å². The van der Waals surface area contributed by atoms with Crippen molar-refractivity contribution in [1.82, 2.24) is 0 Å². The molecule has 238 valence electrons. The largest absolute Gasteiger partial charge is 1.00 e. The van der Waals surface area contributed by atoms with Crippen LogP contribution in [0.25, 0.3) is 22.3 Å². The highest BCUT2D eigenvalue weighted by molar-refractivity contribution is 7.95. The Labute approximate surface area is 294 Å². The molecule has 47 heavy (non-hydrogen) atoms. The summed E-state index contributed by atoms with van der Waals surface area (Å²) in [5, 5.41) is 4.21. The third-order valence-electron chi connectivity index (χ3n) is 9.25. The molecule has 6 aromatic carbocycles. The molecule has 0 aliphatic carbocycles. The molecule has 0 saturated heterocycles. The normalized spacial score (nSPS) is 12.0. The van der Waals surface area contributed by atoms with Crippen LogP contribution in [0.2, 0.25) is 0 Å². The maximum atomic E-state index is 2.47. The van der Waals surface area contributed by atoms with Gasteiger partial charge < -0.3 is 17.0 Å². The van der Waals surface area contributed by atoms with E-state index in [-0.39, 0.29) is 27.8 Å². The molecule has 0 unspecified atom stereocenters. The molecule has 6 rings (SSSR count). The molecule has 0 atom stereocenters. The molecule has 0 N–H and O–H groups in total. The average Bonchev–Trinajstić information content (AvgIpc) is 3.08. The second-order valence-electron chi connectivity index (χ2n) is 14.5. The lowest BCUT2D eigenvalue weighted by molar-refractivity contribution is -0.00000986. The fraction of sp³-hybridized carbons (Fsp3) is 0.200. The predicted molar refractivity (Wildman–Crippen MR) is 204 cm³/mol. The minimum absolute atomic E-state index is 0. The van der Waals surface area contributed by atoms with Crippen LogP contribution in [-0.4, -0.2) is 0 Å². The predicted octanol–water partition coefficient (Wildman–Crippen LogP) is 8.11. The molecule has 0 aliphatic heterocycles. The van der Waals surface area contributed by atoms with Gasteiger partial charge in [-0.05, 0) is 92.2 Å². The van der Waals surface area contributed by atoms with Crippen molar-refractivity contribution in [3.8, 4) is 22.3 Å². The SMILES string of the molecule is CC(C)(C)c1ccc(-c2ccc(-c3ccc(C(C)(C)C)cc3)c(C[P+](c3ccccc3)(c3ccccc3)c3ccccc3)c2)cc1.[Br-]. The van der Waals surface area contributed by atoms with Gasteiger partial charge in [-0.15, -0.1) is 0 Å². The highest BCUT2D eigenvalue weighted by Gasteiger charge is 2.46. The second kappa shape index (κ2) is 14.1. The second-order valence-corrected chi connectivity index (χ2v) is 18.0. The van der Waals surface area contributed by atoms with Crippen molar-refractivity contribution in [2.75, 3.05) is 0 Å².